The molecule has 1 saturated carbocycles. The summed E-state index contributed by atoms with van der Waals surface area (Å²) in [7, 11) is 0. The molecular formula is C30H37N3O3. The Kier molecular flexibility index (Phi) is 7.42. The highest BCUT2D eigenvalue weighted by Gasteiger charge is 2.33. The van der Waals surface area contributed by atoms with Gasteiger partial charge in [-0.3, -0.25) is 9.69 Å². The normalized spacial score (nSPS) is 18.1. The van der Waals surface area contributed by atoms with Crippen LogP contribution in [0.3, 0.4) is 0 Å². The monoisotopic (exact) mass is 487 g/mol. The number of benzene rings is 2. The Labute approximate surface area is 213 Å². The van der Waals surface area contributed by atoms with Gasteiger partial charge in [0.05, 0.1) is 24.6 Å². The lowest BCUT2D eigenvalue weighted by atomic mass is 9.81. The van der Waals surface area contributed by atoms with Gasteiger partial charge in [-0.05, 0) is 36.5 Å². The Bertz CT molecular complexity index is 1240. The van der Waals surface area contributed by atoms with Crippen LogP contribution >= 0.6 is 0 Å². The quantitative estimate of drug-likeness (QED) is 0.390. The summed E-state index contributed by atoms with van der Waals surface area (Å²) < 4.78 is 7.85. The first-order valence-corrected chi connectivity index (χ1v) is 13.6. The molecule has 2 aromatic carbocycles. The number of carbonyl (C=O) groups excluding carboxylic acids is 2. The van der Waals surface area contributed by atoms with E-state index >= 15 is 0 Å². The van der Waals surface area contributed by atoms with Crippen molar-refractivity contribution in [3.8, 4) is 11.3 Å². The Morgan fingerprint density at radius 1 is 0.944 bits per heavy atom. The summed E-state index contributed by atoms with van der Waals surface area (Å²) in [5.74, 6) is 0.504. The molecule has 1 saturated heterocycles. The zero-order chi connectivity index (χ0) is 25.1. The fourth-order valence-corrected chi connectivity index (χ4v) is 6.15. The van der Waals surface area contributed by atoms with E-state index in [1.165, 1.54) is 48.7 Å². The smallest absolute Gasteiger partial charge is 0.324 e. The van der Waals surface area contributed by atoms with Crippen LogP contribution in [-0.2, 0) is 11.3 Å². The number of fused-ring (bicyclic) bond motifs is 5. The van der Waals surface area contributed by atoms with Crippen molar-refractivity contribution < 1.29 is 14.3 Å². The van der Waals surface area contributed by atoms with Crippen molar-refractivity contribution in [2.45, 2.75) is 58.4 Å². The Balaban J connectivity index is 0.00000130. The number of rotatable bonds is 2. The molecule has 1 aromatic heterocycles. The van der Waals surface area contributed by atoms with E-state index in [4.69, 9.17) is 4.74 Å². The second-order valence-corrected chi connectivity index (χ2v) is 9.69. The molecule has 3 heterocycles. The standard InChI is InChI=1S/C28H31N3O3.C2H6/c32-19-20-10-11-22-25(18-20)30-12-13-31(28(33)29-14-16-34-17-15-29)24-9-5-4-8-23(24)27(30)26(22)21-6-2-1-3-7-21;1-2/h4-5,8-11,18-19,21H,1-3,6-7,12-17H2;1-2H3. The van der Waals surface area contributed by atoms with Gasteiger partial charge in [-0.25, -0.2) is 4.79 Å². The van der Waals surface area contributed by atoms with Gasteiger partial charge in [0.1, 0.15) is 6.29 Å². The molecule has 0 N–H and O–H groups in total. The molecular weight excluding hydrogens is 450 g/mol. The van der Waals surface area contributed by atoms with Gasteiger partial charge in [0.2, 0.25) is 0 Å². The number of morpholine rings is 1. The molecule has 0 spiro atoms. The first-order valence-electron chi connectivity index (χ1n) is 13.6. The van der Waals surface area contributed by atoms with Gasteiger partial charge in [-0.15, -0.1) is 0 Å². The average molecular weight is 488 g/mol. The van der Waals surface area contributed by atoms with Crippen LogP contribution in [-0.4, -0.2) is 54.6 Å². The van der Waals surface area contributed by atoms with E-state index in [-0.39, 0.29) is 6.03 Å². The summed E-state index contributed by atoms with van der Waals surface area (Å²) in [6.45, 7) is 7.73. The largest absolute Gasteiger partial charge is 0.378 e. The molecule has 2 amide bonds. The second-order valence-electron chi connectivity index (χ2n) is 9.69. The molecule has 190 valence electrons. The first kappa shape index (κ1) is 24.6. The first-order chi connectivity index (χ1) is 17.8. The maximum Gasteiger partial charge on any atom is 0.324 e. The number of aromatic nitrogens is 1. The Morgan fingerprint density at radius 2 is 1.69 bits per heavy atom. The van der Waals surface area contributed by atoms with Crippen molar-refractivity contribution in [2.24, 2.45) is 0 Å². The maximum absolute atomic E-state index is 13.6. The van der Waals surface area contributed by atoms with Gasteiger partial charge in [0.15, 0.2) is 0 Å². The summed E-state index contributed by atoms with van der Waals surface area (Å²) in [5, 5.41) is 1.26. The lowest BCUT2D eigenvalue weighted by Gasteiger charge is -2.33. The predicted molar refractivity (Wildman–Crippen MR) is 145 cm³/mol. The minimum atomic E-state index is 0.0543. The molecule has 1 aliphatic carbocycles. The van der Waals surface area contributed by atoms with E-state index < -0.39 is 0 Å². The Hall–Kier alpha value is -3.12. The van der Waals surface area contributed by atoms with Crippen molar-refractivity contribution in [3.63, 3.8) is 0 Å². The summed E-state index contributed by atoms with van der Waals surface area (Å²) in [4.78, 5) is 29.1. The number of amides is 2. The molecule has 2 fully saturated rings. The highest BCUT2D eigenvalue weighted by molar-refractivity contribution is 6.02. The molecule has 3 aromatic rings. The minimum Gasteiger partial charge on any atom is -0.378 e. The van der Waals surface area contributed by atoms with Crippen LogP contribution in [0.25, 0.3) is 22.2 Å². The highest BCUT2D eigenvalue weighted by atomic mass is 16.5. The molecule has 6 rings (SSSR count). The number of hydrogen-bond acceptors (Lipinski definition) is 3. The third-order valence-corrected chi connectivity index (χ3v) is 7.79. The number of urea groups is 1. The number of carbonyl (C=O) groups is 2. The third kappa shape index (κ3) is 4.32. The molecule has 6 nitrogen and oxygen atoms in total. The number of anilines is 1. The fourth-order valence-electron chi connectivity index (χ4n) is 6.15. The van der Waals surface area contributed by atoms with Crippen LogP contribution in [0.15, 0.2) is 42.5 Å². The molecule has 3 aliphatic rings. The van der Waals surface area contributed by atoms with Crippen LogP contribution in [0.2, 0.25) is 0 Å². The van der Waals surface area contributed by atoms with E-state index in [0.29, 0.717) is 50.9 Å². The fraction of sp³-hybridized carbons (Fsp3) is 0.467. The van der Waals surface area contributed by atoms with Crippen LogP contribution in [0.4, 0.5) is 10.5 Å². The van der Waals surface area contributed by atoms with Crippen LogP contribution in [0.5, 0.6) is 0 Å². The number of ether oxygens (including phenoxy) is 1. The van der Waals surface area contributed by atoms with E-state index in [9.17, 15) is 9.59 Å². The van der Waals surface area contributed by atoms with Gasteiger partial charge in [-0.2, -0.15) is 0 Å². The van der Waals surface area contributed by atoms with Crippen molar-refractivity contribution in [2.75, 3.05) is 37.7 Å². The maximum atomic E-state index is 13.6. The minimum absolute atomic E-state index is 0.0543. The molecule has 36 heavy (non-hydrogen) atoms. The topological polar surface area (TPSA) is 54.8 Å². The second kappa shape index (κ2) is 10.9. The average Bonchev–Trinajstić information content (AvgIpc) is 3.18. The molecule has 0 atom stereocenters. The van der Waals surface area contributed by atoms with E-state index in [2.05, 4.69) is 28.8 Å². The van der Waals surface area contributed by atoms with E-state index in [0.717, 1.165) is 23.1 Å². The van der Waals surface area contributed by atoms with Crippen LogP contribution in [0, 0.1) is 0 Å². The lowest BCUT2D eigenvalue weighted by molar-refractivity contribution is 0.0548. The van der Waals surface area contributed by atoms with Gasteiger partial charge < -0.3 is 14.2 Å². The number of aldehydes is 1. The molecule has 0 unspecified atom stereocenters. The highest BCUT2D eigenvalue weighted by Crippen LogP contribution is 2.47. The summed E-state index contributed by atoms with van der Waals surface area (Å²) in [6.07, 6.45) is 7.13. The number of nitrogens with zero attached hydrogens (tertiary/aromatic N) is 3. The van der Waals surface area contributed by atoms with Gasteiger partial charge in [0.25, 0.3) is 0 Å². The van der Waals surface area contributed by atoms with E-state index in [1.807, 2.05) is 41.8 Å². The zero-order valence-corrected chi connectivity index (χ0v) is 21.5. The van der Waals surface area contributed by atoms with Gasteiger partial charge >= 0.3 is 6.03 Å². The predicted octanol–water partition coefficient (Wildman–Crippen LogP) is 6.47. The molecule has 6 heteroatoms. The third-order valence-electron chi connectivity index (χ3n) is 7.79. The molecule has 0 bridgehead atoms. The van der Waals surface area contributed by atoms with Crippen molar-refractivity contribution in [1.29, 1.82) is 0 Å². The molecule has 0 radical (unpaired) electrons. The summed E-state index contributed by atoms with van der Waals surface area (Å²) in [5.41, 5.74) is 6.54. The van der Waals surface area contributed by atoms with Crippen molar-refractivity contribution in [3.05, 3.63) is 53.6 Å². The zero-order valence-electron chi connectivity index (χ0n) is 21.5. The van der Waals surface area contributed by atoms with Gasteiger partial charge in [0, 0.05) is 48.2 Å². The summed E-state index contributed by atoms with van der Waals surface area (Å²) in [6, 6.07) is 14.5. The van der Waals surface area contributed by atoms with Gasteiger partial charge in [-0.1, -0.05) is 63.4 Å². The Morgan fingerprint density at radius 3 is 2.44 bits per heavy atom. The van der Waals surface area contributed by atoms with Crippen molar-refractivity contribution in [1.82, 2.24) is 9.47 Å². The lowest BCUT2D eigenvalue weighted by Crippen LogP contribution is -2.49. The van der Waals surface area contributed by atoms with Crippen LogP contribution in [0.1, 0.15) is 67.8 Å². The molecule has 2 aliphatic heterocycles. The number of hydrogen-bond donors (Lipinski definition) is 0. The van der Waals surface area contributed by atoms with Crippen molar-refractivity contribution >= 4 is 28.9 Å². The van der Waals surface area contributed by atoms with Crippen LogP contribution < -0.4 is 4.90 Å². The van der Waals surface area contributed by atoms with E-state index in [1.54, 1.807) is 0 Å². The SMILES string of the molecule is CC.O=Cc1ccc2c(C3CCCCC3)c3n(c2c1)CCN(C(=O)N1CCOCC1)c1ccccc1-3. The summed E-state index contributed by atoms with van der Waals surface area (Å²) >= 11 is 0. The number of para-hydroxylation sites is 1.